The van der Waals surface area contributed by atoms with E-state index in [-0.39, 0.29) is 13.0 Å². The van der Waals surface area contributed by atoms with Crippen molar-refractivity contribution >= 4 is 12.1 Å². The van der Waals surface area contributed by atoms with Gasteiger partial charge in [0, 0.05) is 13.0 Å². The fourth-order valence-electron chi connectivity index (χ4n) is 3.48. The summed E-state index contributed by atoms with van der Waals surface area (Å²) in [6.45, 7) is 10.2. The molecular weight excluding hydrogens is 450 g/mol. The highest BCUT2D eigenvalue weighted by Crippen LogP contribution is 2.40. The van der Waals surface area contributed by atoms with E-state index >= 15 is 0 Å². The monoisotopic (exact) mass is 487 g/mol. The number of carbonyl (C=O) groups excluding carboxylic acids is 2. The molecular formula is C27H37NO7. The number of nitrogens with one attached hydrogen (secondary N) is 1. The van der Waals surface area contributed by atoms with Crippen molar-refractivity contribution in [1.29, 1.82) is 0 Å². The predicted molar refractivity (Wildman–Crippen MR) is 134 cm³/mol. The Morgan fingerprint density at radius 2 is 1.51 bits per heavy atom. The van der Waals surface area contributed by atoms with Gasteiger partial charge in [0.2, 0.25) is 0 Å². The van der Waals surface area contributed by atoms with E-state index in [2.05, 4.69) is 5.32 Å². The van der Waals surface area contributed by atoms with Crippen LogP contribution in [0.2, 0.25) is 0 Å². The number of benzene rings is 2. The molecule has 0 fully saturated rings. The van der Waals surface area contributed by atoms with Crippen molar-refractivity contribution in [3.63, 3.8) is 0 Å². The van der Waals surface area contributed by atoms with E-state index in [0.717, 1.165) is 22.3 Å². The topological polar surface area (TPSA) is 92.3 Å². The summed E-state index contributed by atoms with van der Waals surface area (Å²) in [5, 5.41) is 2.62. The Kier molecular flexibility index (Phi) is 10.4. The van der Waals surface area contributed by atoms with E-state index in [1.54, 1.807) is 41.9 Å². The highest BCUT2D eigenvalue weighted by atomic mass is 16.6. The molecule has 0 bridgehead atoms. The van der Waals surface area contributed by atoms with Crippen molar-refractivity contribution in [2.75, 3.05) is 27.4 Å². The van der Waals surface area contributed by atoms with Gasteiger partial charge in [-0.2, -0.15) is 0 Å². The van der Waals surface area contributed by atoms with Crippen LogP contribution in [0.3, 0.4) is 0 Å². The van der Waals surface area contributed by atoms with Gasteiger partial charge in [-0.1, -0.05) is 24.3 Å². The standard InChI is InChI=1S/C27H37NO7/c1-8-33-17-19-15-22(31-6)24(23(16-19)32-7)20-12-10-18(11-13-20)14-21(25(29)34-9-2)28-26(30)35-27(3,4)5/h10-13,15-16,21H,8-9,14,17H2,1-7H3,(H,28,30)/t21-/m0/s1. The number of ether oxygens (including phenoxy) is 5. The Hall–Kier alpha value is -3.26. The first kappa shape index (κ1) is 28.0. The van der Waals surface area contributed by atoms with Crippen LogP contribution in [0.4, 0.5) is 4.79 Å². The Balaban J connectivity index is 2.28. The average molecular weight is 488 g/mol. The second-order valence-electron chi connectivity index (χ2n) is 8.86. The summed E-state index contributed by atoms with van der Waals surface area (Å²) in [7, 11) is 3.23. The Morgan fingerprint density at radius 1 is 0.914 bits per heavy atom. The second-order valence-corrected chi connectivity index (χ2v) is 8.86. The zero-order valence-electron chi connectivity index (χ0n) is 21.7. The first-order chi connectivity index (χ1) is 16.6. The number of carbonyl (C=O) groups is 2. The van der Waals surface area contributed by atoms with Crippen LogP contribution >= 0.6 is 0 Å². The summed E-state index contributed by atoms with van der Waals surface area (Å²) in [6, 6.07) is 10.6. The van der Waals surface area contributed by atoms with Gasteiger partial charge in [-0.3, -0.25) is 0 Å². The van der Waals surface area contributed by atoms with Crippen molar-refractivity contribution < 1.29 is 33.3 Å². The molecule has 2 aromatic rings. The van der Waals surface area contributed by atoms with Gasteiger partial charge < -0.3 is 29.0 Å². The Morgan fingerprint density at radius 3 is 2.00 bits per heavy atom. The van der Waals surface area contributed by atoms with Crippen LogP contribution in [0.15, 0.2) is 36.4 Å². The molecule has 0 saturated heterocycles. The fraction of sp³-hybridized carbons (Fsp3) is 0.481. The maximum atomic E-state index is 12.5. The van der Waals surface area contributed by atoms with E-state index in [0.29, 0.717) is 24.7 Å². The first-order valence-corrected chi connectivity index (χ1v) is 11.7. The summed E-state index contributed by atoms with van der Waals surface area (Å²) in [5.41, 5.74) is 2.82. The third-order valence-electron chi connectivity index (χ3n) is 4.98. The summed E-state index contributed by atoms with van der Waals surface area (Å²) >= 11 is 0. The van der Waals surface area contributed by atoms with Gasteiger partial charge in [0.1, 0.15) is 23.1 Å². The van der Waals surface area contributed by atoms with Crippen LogP contribution in [-0.4, -0.2) is 51.1 Å². The second kappa shape index (κ2) is 13.0. The summed E-state index contributed by atoms with van der Waals surface area (Å²) in [6.07, 6.45) is -0.422. The van der Waals surface area contributed by atoms with Gasteiger partial charge in [0.05, 0.1) is 33.0 Å². The van der Waals surface area contributed by atoms with Crippen molar-refractivity contribution in [3.05, 3.63) is 47.5 Å². The molecule has 8 heteroatoms. The molecule has 0 aromatic heterocycles. The minimum absolute atomic E-state index is 0.211. The molecule has 1 atom stereocenters. The Labute approximate surface area is 207 Å². The smallest absolute Gasteiger partial charge is 0.408 e. The minimum Gasteiger partial charge on any atom is -0.496 e. The number of amides is 1. The third-order valence-corrected chi connectivity index (χ3v) is 4.98. The lowest BCUT2D eigenvalue weighted by molar-refractivity contribution is -0.145. The van der Waals surface area contributed by atoms with Crippen molar-refractivity contribution in [2.45, 2.75) is 59.3 Å². The van der Waals surface area contributed by atoms with Gasteiger partial charge in [0.25, 0.3) is 0 Å². The largest absolute Gasteiger partial charge is 0.496 e. The molecule has 192 valence electrons. The number of rotatable bonds is 11. The van der Waals surface area contributed by atoms with E-state index in [4.69, 9.17) is 23.7 Å². The van der Waals surface area contributed by atoms with Crippen molar-refractivity contribution in [3.8, 4) is 22.6 Å². The zero-order valence-corrected chi connectivity index (χ0v) is 21.7. The van der Waals surface area contributed by atoms with Crippen molar-refractivity contribution in [2.24, 2.45) is 0 Å². The fourth-order valence-corrected chi connectivity index (χ4v) is 3.48. The lowest BCUT2D eigenvalue weighted by Gasteiger charge is -2.23. The molecule has 0 unspecified atom stereocenters. The zero-order chi connectivity index (χ0) is 26.0. The quantitative estimate of drug-likeness (QED) is 0.450. The van der Waals surface area contributed by atoms with E-state index in [9.17, 15) is 9.59 Å². The molecule has 0 heterocycles. The van der Waals surface area contributed by atoms with Crippen LogP contribution in [0, 0.1) is 0 Å². The molecule has 0 aliphatic rings. The van der Waals surface area contributed by atoms with E-state index in [1.807, 2.05) is 43.3 Å². The SMILES string of the molecule is CCOCc1cc(OC)c(-c2ccc(C[C@H](NC(=O)OC(C)(C)C)C(=O)OCC)cc2)c(OC)c1. The number of esters is 1. The number of alkyl carbamates (subject to hydrolysis) is 1. The van der Waals surface area contributed by atoms with Gasteiger partial charge >= 0.3 is 12.1 Å². The Bertz CT molecular complexity index is 955. The summed E-state index contributed by atoms with van der Waals surface area (Å²) in [5.74, 6) is 0.821. The van der Waals surface area contributed by atoms with Crippen LogP contribution in [0.1, 0.15) is 45.7 Å². The normalized spacial score (nSPS) is 12.0. The predicted octanol–water partition coefficient (Wildman–Crippen LogP) is 4.91. The first-order valence-electron chi connectivity index (χ1n) is 11.7. The summed E-state index contributed by atoms with van der Waals surface area (Å²) in [4.78, 5) is 24.7. The number of hydrogen-bond donors (Lipinski definition) is 1. The van der Waals surface area contributed by atoms with Crippen LogP contribution in [-0.2, 0) is 32.0 Å². The van der Waals surface area contributed by atoms with E-state index in [1.165, 1.54) is 0 Å². The van der Waals surface area contributed by atoms with Gasteiger partial charge in [-0.25, -0.2) is 9.59 Å². The molecule has 0 spiro atoms. The molecule has 35 heavy (non-hydrogen) atoms. The lowest BCUT2D eigenvalue weighted by Crippen LogP contribution is -2.45. The number of hydrogen-bond acceptors (Lipinski definition) is 7. The van der Waals surface area contributed by atoms with Crippen molar-refractivity contribution in [1.82, 2.24) is 5.32 Å². The molecule has 1 amide bonds. The van der Waals surface area contributed by atoms with Crippen LogP contribution in [0.5, 0.6) is 11.5 Å². The van der Waals surface area contributed by atoms with Gasteiger partial charge in [0.15, 0.2) is 0 Å². The molecule has 8 nitrogen and oxygen atoms in total. The van der Waals surface area contributed by atoms with Crippen LogP contribution < -0.4 is 14.8 Å². The lowest BCUT2D eigenvalue weighted by atomic mass is 9.98. The molecule has 0 aliphatic heterocycles. The third kappa shape index (κ3) is 8.47. The minimum atomic E-state index is -0.877. The molecule has 0 aliphatic carbocycles. The molecule has 2 rings (SSSR count). The molecule has 1 N–H and O–H groups in total. The highest BCUT2D eigenvalue weighted by molar-refractivity contribution is 5.82. The van der Waals surface area contributed by atoms with Gasteiger partial charge in [-0.15, -0.1) is 0 Å². The number of methoxy groups -OCH3 is 2. The molecule has 2 aromatic carbocycles. The van der Waals surface area contributed by atoms with Crippen LogP contribution in [0.25, 0.3) is 11.1 Å². The van der Waals surface area contributed by atoms with Gasteiger partial charge in [-0.05, 0) is 63.4 Å². The maximum Gasteiger partial charge on any atom is 0.408 e. The average Bonchev–Trinajstić information content (AvgIpc) is 2.81. The molecule has 0 radical (unpaired) electrons. The summed E-state index contributed by atoms with van der Waals surface area (Å²) < 4.78 is 27.3. The highest BCUT2D eigenvalue weighted by Gasteiger charge is 2.26. The molecule has 0 saturated carbocycles. The van der Waals surface area contributed by atoms with E-state index < -0.39 is 23.7 Å². The maximum absolute atomic E-state index is 12.5.